The van der Waals surface area contributed by atoms with Crippen molar-refractivity contribution in [1.82, 2.24) is 9.97 Å². The number of carbonyl (C=O) groups is 2. The molecule has 0 atom stereocenters. The Labute approximate surface area is 170 Å². The van der Waals surface area contributed by atoms with Gasteiger partial charge in [-0.05, 0) is 41.8 Å². The molecular formula is C23H15FN2O4. The number of hydrogen-bond donors (Lipinski definition) is 2. The molecule has 2 N–H and O–H groups in total. The average molecular weight is 402 g/mol. The highest BCUT2D eigenvalue weighted by Crippen LogP contribution is 2.38. The van der Waals surface area contributed by atoms with E-state index < -0.39 is 17.8 Å². The summed E-state index contributed by atoms with van der Waals surface area (Å²) in [5, 5.41) is 20.2. The molecule has 6 nitrogen and oxygen atoms in total. The quantitative estimate of drug-likeness (QED) is 0.508. The Balaban J connectivity index is 2.12. The fourth-order valence-corrected chi connectivity index (χ4v) is 3.61. The monoisotopic (exact) mass is 402 g/mol. The first kappa shape index (κ1) is 19.2. The Hall–Kier alpha value is -4.13. The van der Waals surface area contributed by atoms with E-state index in [0.717, 1.165) is 6.20 Å². The van der Waals surface area contributed by atoms with Gasteiger partial charge in [-0.25, -0.2) is 23.9 Å². The maximum Gasteiger partial charge on any atom is 0.336 e. The maximum atomic E-state index is 13.6. The van der Waals surface area contributed by atoms with Gasteiger partial charge in [0.2, 0.25) is 0 Å². The van der Waals surface area contributed by atoms with Crippen LogP contribution >= 0.6 is 0 Å². The highest BCUT2D eigenvalue weighted by molar-refractivity contribution is 6.10. The molecule has 2 heterocycles. The van der Waals surface area contributed by atoms with Crippen LogP contribution in [0.4, 0.5) is 4.39 Å². The fraction of sp³-hybridized carbons (Fsp3) is 0.0435. The predicted octanol–water partition coefficient (Wildman–Crippen LogP) is 4.81. The Morgan fingerprint density at radius 1 is 0.867 bits per heavy atom. The number of aromatic carboxylic acids is 2. The number of fused-ring (bicyclic) bond motifs is 1. The molecule has 7 heteroatoms. The number of carboxylic acid groups (broad SMARTS) is 2. The Kier molecular flexibility index (Phi) is 4.71. The van der Waals surface area contributed by atoms with Gasteiger partial charge in [0.1, 0.15) is 5.82 Å². The van der Waals surface area contributed by atoms with Crippen molar-refractivity contribution >= 4 is 23.0 Å². The number of halogens is 1. The van der Waals surface area contributed by atoms with Crippen LogP contribution in [0, 0.1) is 12.7 Å². The number of aromatic nitrogens is 2. The van der Waals surface area contributed by atoms with Gasteiger partial charge in [-0.1, -0.05) is 30.3 Å². The second-order valence-electron chi connectivity index (χ2n) is 6.77. The number of nitrogens with zero attached hydrogens (tertiary/aromatic N) is 2. The van der Waals surface area contributed by atoms with Crippen molar-refractivity contribution in [2.75, 3.05) is 0 Å². The third kappa shape index (κ3) is 3.26. The molecule has 0 radical (unpaired) electrons. The Morgan fingerprint density at radius 3 is 2.23 bits per heavy atom. The zero-order valence-corrected chi connectivity index (χ0v) is 15.8. The van der Waals surface area contributed by atoms with Crippen molar-refractivity contribution in [2.24, 2.45) is 0 Å². The highest BCUT2D eigenvalue weighted by Gasteiger charge is 2.26. The van der Waals surface area contributed by atoms with E-state index >= 15 is 0 Å². The molecular weight excluding hydrogens is 387 g/mol. The second-order valence-corrected chi connectivity index (χ2v) is 6.77. The van der Waals surface area contributed by atoms with Gasteiger partial charge in [0.25, 0.3) is 0 Å². The molecule has 0 unspecified atom stereocenters. The Morgan fingerprint density at radius 2 is 1.57 bits per heavy atom. The van der Waals surface area contributed by atoms with Gasteiger partial charge in [-0.3, -0.25) is 0 Å². The van der Waals surface area contributed by atoms with E-state index in [4.69, 9.17) is 0 Å². The van der Waals surface area contributed by atoms with Crippen LogP contribution in [0.5, 0.6) is 0 Å². The number of hydrogen-bond acceptors (Lipinski definition) is 4. The Bertz CT molecular complexity index is 1320. The van der Waals surface area contributed by atoms with Crippen molar-refractivity contribution in [1.29, 1.82) is 0 Å². The molecule has 0 bridgehead atoms. The molecule has 148 valence electrons. The number of benzene rings is 2. The van der Waals surface area contributed by atoms with Gasteiger partial charge in [0.15, 0.2) is 5.65 Å². The largest absolute Gasteiger partial charge is 0.478 e. The molecule has 0 aliphatic carbocycles. The van der Waals surface area contributed by atoms with Crippen molar-refractivity contribution in [2.45, 2.75) is 6.92 Å². The van der Waals surface area contributed by atoms with E-state index in [2.05, 4.69) is 9.97 Å². The van der Waals surface area contributed by atoms with E-state index in [-0.39, 0.29) is 27.9 Å². The molecule has 2 aromatic heterocycles. The van der Waals surface area contributed by atoms with Gasteiger partial charge in [-0.2, -0.15) is 0 Å². The second kappa shape index (κ2) is 7.36. The molecule has 0 saturated heterocycles. The molecule has 2 aromatic carbocycles. The minimum Gasteiger partial charge on any atom is -0.478 e. The normalized spacial score (nSPS) is 10.9. The van der Waals surface area contributed by atoms with Gasteiger partial charge < -0.3 is 10.2 Å². The van der Waals surface area contributed by atoms with Gasteiger partial charge in [0, 0.05) is 22.7 Å². The highest BCUT2D eigenvalue weighted by atomic mass is 19.1. The lowest BCUT2D eigenvalue weighted by atomic mass is 9.85. The third-order valence-electron chi connectivity index (χ3n) is 4.82. The van der Waals surface area contributed by atoms with Crippen molar-refractivity contribution in [3.8, 4) is 22.3 Å². The lowest BCUT2D eigenvalue weighted by molar-refractivity contribution is 0.0696. The van der Waals surface area contributed by atoms with Crippen LogP contribution in [0.3, 0.4) is 0 Å². The summed E-state index contributed by atoms with van der Waals surface area (Å²) in [4.78, 5) is 32.4. The van der Waals surface area contributed by atoms with Crippen LogP contribution in [0.1, 0.15) is 26.3 Å². The summed E-state index contributed by atoms with van der Waals surface area (Å²) >= 11 is 0. The lowest BCUT2D eigenvalue weighted by Gasteiger charge is -2.18. The average Bonchev–Trinajstić information content (AvgIpc) is 2.72. The van der Waals surface area contributed by atoms with E-state index in [9.17, 15) is 24.2 Å². The van der Waals surface area contributed by atoms with Crippen molar-refractivity contribution < 1.29 is 24.2 Å². The first-order chi connectivity index (χ1) is 14.4. The van der Waals surface area contributed by atoms with E-state index in [1.807, 2.05) is 0 Å². The zero-order chi connectivity index (χ0) is 21.4. The van der Waals surface area contributed by atoms with Crippen molar-refractivity contribution in [3.05, 3.63) is 83.4 Å². The third-order valence-corrected chi connectivity index (χ3v) is 4.82. The summed E-state index contributed by atoms with van der Waals surface area (Å²) in [6, 6.07) is 13.0. The van der Waals surface area contributed by atoms with Crippen LogP contribution in [0.15, 0.2) is 60.9 Å². The first-order valence-corrected chi connectivity index (χ1v) is 8.98. The molecule has 0 aliphatic rings. The summed E-state index contributed by atoms with van der Waals surface area (Å²) in [5.41, 5.74) is 1.79. The zero-order valence-electron chi connectivity index (χ0n) is 15.8. The van der Waals surface area contributed by atoms with Crippen LogP contribution in [0.2, 0.25) is 0 Å². The topological polar surface area (TPSA) is 100 Å². The molecule has 0 aliphatic heterocycles. The molecule has 30 heavy (non-hydrogen) atoms. The minimum absolute atomic E-state index is 0.0121. The van der Waals surface area contributed by atoms with E-state index in [0.29, 0.717) is 22.1 Å². The number of carboxylic acids is 2. The molecule has 0 amide bonds. The van der Waals surface area contributed by atoms with Crippen LogP contribution in [-0.4, -0.2) is 32.1 Å². The smallest absolute Gasteiger partial charge is 0.336 e. The molecule has 0 spiro atoms. The number of aryl methyl sites for hydroxylation is 1. The van der Waals surface area contributed by atoms with E-state index in [1.54, 1.807) is 37.3 Å². The minimum atomic E-state index is -1.27. The lowest BCUT2D eigenvalue weighted by Crippen LogP contribution is -2.11. The van der Waals surface area contributed by atoms with Crippen LogP contribution < -0.4 is 0 Å². The van der Waals surface area contributed by atoms with Gasteiger partial charge in [0.05, 0.1) is 17.3 Å². The standard InChI is InChI=1S/C23H15FN2O4/c1-12-7-17(22(27)28)19(15-8-14-9-16(24)11-26-21(14)25-10-15)20(23(29)30)18(12)13-5-3-2-4-6-13/h2-11H,1H3,(H,27,28)(H,29,30). The molecule has 4 aromatic rings. The fourth-order valence-electron chi connectivity index (χ4n) is 3.61. The van der Waals surface area contributed by atoms with E-state index in [1.165, 1.54) is 24.4 Å². The van der Waals surface area contributed by atoms with Gasteiger partial charge in [-0.15, -0.1) is 0 Å². The number of rotatable bonds is 4. The molecule has 0 fully saturated rings. The van der Waals surface area contributed by atoms with Gasteiger partial charge >= 0.3 is 11.9 Å². The first-order valence-electron chi connectivity index (χ1n) is 8.98. The SMILES string of the molecule is Cc1cc(C(=O)O)c(-c2cnc3ncc(F)cc3c2)c(C(=O)O)c1-c1ccccc1. The van der Waals surface area contributed by atoms with Crippen LogP contribution in [0.25, 0.3) is 33.3 Å². The van der Waals surface area contributed by atoms with Crippen molar-refractivity contribution in [3.63, 3.8) is 0 Å². The molecule has 4 rings (SSSR count). The molecule has 0 saturated carbocycles. The number of pyridine rings is 2. The predicted molar refractivity (Wildman–Crippen MR) is 109 cm³/mol. The summed E-state index contributed by atoms with van der Waals surface area (Å²) < 4.78 is 13.6. The van der Waals surface area contributed by atoms with Crippen LogP contribution in [-0.2, 0) is 0 Å². The maximum absolute atomic E-state index is 13.6. The summed E-state index contributed by atoms with van der Waals surface area (Å²) in [6.45, 7) is 1.67. The summed E-state index contributed by atoms with van der Waals surface area (Å²) in [5.74, 6) is -3.12. The summed E-state index contributed by atoms with van der Waals surface area (Å²) in [6.07, 6.45) is 2.38. The summed E-state index contributed by atoms with van der Waals surface area (Å²) in [7, 11) is 0.